The van der Waals surface area contributed by atoms with Crippen LogP contribution in [0.5, 0.6) is 0 Å². The van der Waals surface area contributed by atoms with Crippen molar-refractivity contribution in [2.75, 3.05) is 13.7 Å². The van der Waals surface area contributed by atoms with Crippen molar-refractivity contribution in [1.82, 2.24) is 0 Å². The van der Waals surface area contributed by atoms with E-state index in [1.807, 2.05) is 18.4 Å². The quantitative estimate of drug-likeness (QED) is 0.830. The van der Waals surface area contributed by atoms with Crippen LogP contribution in [0.3, 0.4) is 0 Å². The van der Waals surface area contributed by atoms with Crippen molar-refractivity contribution in [2.45, 2.75) is 18.8 Å². The van der Waals surface area contributed by atoms with E-state index in [2.05, 4.69) is 4.74 Å². The zero-order valence-corrected chi connectivity index (χ0v) is 10.3. The average Bonchev–Trinajstić information content (AvgIpc) is 2.65. The highest BCUT2D eigenvalue weighted by atomic mass is 35.5. The molecule has 0 spiro atoms. The summed E-state index contributed by atoms with van der Waals surface area (Å²) in [4.78, 5) is 11.3. The molecule has 0 aromatic carbocycles. The van der Waals surface area contributed by atoms with Crippen LogP contribution in [-0.2, 0) is 14.9 Å². The smallest absolute Gasteiger partial charge is 0.306 e. The summed E-state index contributed by atoms with van der Waals surface area (Å²) in [5.41, 5.74) is 6.30. The second-order valence-electron chi connectivity index (χ2n) is 3.66. The number of thiophene rings is 1. The van der Waals surface area contributed by atoms with Gasteiger partial charge in [0.25, 0.3) is 0 Å². The molecule has 1 atom stereocenters. The van der Waals surface area contributed by atoms with Crippen LogP contribution in [0.2, 0.25) is 4.34 Å². The number of hydrogen-bond donors (Lipinski definition) is 1. The highest BCUT2D eigenvalue weighted by molar-refractivity contribution is 7.14. The van der Waals surface area contributed by atoms with Crippen LogP contribution >= 0.6 is 22.9 Å². The van der Waals surface area contributed by atoms with E-state index in [1.165, 1.54) is 18.4 Å². The van der Waals surface area contributed by atoms with Gasteiger partial charge in [0, 0.05) is 12.0 Å². The van der Waals surface area contributed by atoms with Crippen molar-refractivity contribution in [1.29, 1.82) is 0 Å². The number of rotatable bonds is 4. The molecular weight excluding hydrogens is 234 g/mol. The number of halogens is 1. The van der Waals surface area contributed by atoms with E-state index in [9.17, 15) is 4.79 Å². The molecule has 0 fully saturated rings. The molecule has 84 valence electrons. The summed E-state index contributed by atoms with van der Waals surface area (Å²) in [5.74, 6) is -0.259. The molecule has 0 saturated carbocycles. The number of carbonyl (C=O) groups is 1. The molecule has 0 amide bonds. The molecule has 2 N–H and O–H groups in total. The van der Waals surface area contributed by atoms with Crippen LogP contribution in [0.25, 0.3) is 0 Å². The Morgan fingerprint density at radius 3 is 2.80 bits per heavy atom. The van der Waals surface area contributed by atoms with Gasteiger partial charge in [0.05, 0.1) is 17.9 Å². The minimum Gasteiger partial charge on any atom is -0.469 e. The molecule has 1 heterocycles. The molecule has 0 aliphatic rings. The van der Waals surface area contributed by atoms with Crippen LogP contribution in [-0.4, -0.2) is 19.6 Å². The van der Waals surface area contributed by atoms with Crippen LogP contribution in [0.1, 0.15) is 18.9 Å². The van der Waals surface area contributed by atoms with Crippen molar-refractivity contribution in [3.8, 4) is 0 Å². The molecule has 0 radical (unpaired) electrons. The largest absolute Gasteiger partial charge is 0.469 e. The van der Waals surface area contributed by atoms with Gasteiger partial charge in [-0.05, 0) is 17.0 Å². The van der Waals surface area contributed by atoms with Crippen LogP contribution in [0.15, 0.2) is 11.4 Å². The van der Waals surface area contributed by atoms with Gasteiger partial charge < -0.3 is 10.5 Å². The average molecular weight is 248 g/mol. The highest BCUT2D eigenvalue weighted by Crippen LogP contribution is 2.32. The Hall–Kier alpha value is -0.580. The first kappa shape index (κ1) is 12.5. The van der Waals surface area contributed by atoms with Crippen molar-refractivity contribution in [2.24, 2.45) is 5.73 Å². The number of esters is 1. The highest BCUT2D eigenvalue weighted by Gasteiger charge is 2.29. The van der Waals surface area contributed by atoms with Gasteiger partial charge in [-0.3, -0.25) is 4.79 Å². The van der Waals surface area contributed by atoms with E-state index < -0.39 is 5.41 Å². The molecule has 1 unspecified atom stereocenters. The molecular formula is C10H14ClNO2S. The van der Waals surface area contributed by atoms with Gasteiger partial charge in [-0.25, -0.2) is 0 Å². The summed E-state index contributed by atoms with van der Waals surface area (Å²) in [6.07, 6.45) is 0.271. The fourth-order valence-electron chi connectivity index (χ4n) is 1.31. The molecule has 1 aromatic heterocycles. The number of methoxy groups -OCH3 is 1. The lowest BCUT2D eigenvalue weighted by molar-refractivity contribution is -0.141. The lowest BCUT2D eigenvalue weighted by Gasteiger charge is -2.25. The Morgan fingerprint density at radius 1 is 1.73 bits per heavy atom. The first-order valence-electron chi connectivity index (χ1n) is 4.53. The van der Waals surface area contributed by atoms with Gasteiger partial charge in [-0.15, -0.1) is 11.3 Å². The van der Waals surface area contributed by atoms with E-state index >= 15 is 0 Å². The lowest BCUT2D eigenvalue weighted by Crippen LogP contribution is -2.34. The summed E-state index contributed by atoms with van der Waals surface area (Å²) in [5, 5.41) is 1.93. The number of ether oxygens (including phenoxy) is 1. The Kier molecular flexibility index (Phi) is 4.13. The maximum absolute atomic E-state index is 11.3. The predicted molar refractivity (Wildman–Crippen MR) is 62.4 cm³/mol. The van der Waals surface area contributed by atoms with Gasteiger partial charge in [-0.1, -0.05) is 18.5 Å². The van der Waals surface area contributed by atoms with Gasteiger partial charge in [-0.2, -0.15) is 0 Å². The molecule has 1 aromatic rings. The van der Waals surface area contributed by atoms with Gasteiger partial charge in [0.2, 0.25) is 0 Å². The summed E-state index contributed by atoms with van der Waals surface area (Å²) in [6, 6.07) is 1.85. The number of hydrogen-bond acceptors (Lipinski definition) is 4. The van der Waals surface area contributed by atoms with Crippen LogP contribution < -0.4 is 5.73 Å². The van der Waals surface area contributed by atoms with Gasteiger partial charge >= 0.3 is 5.97 Å². The SMILES string of the molecule is COC(=O)CC(C)(CN)c1csc(Cl)c1. The van der Waals surface area contributed by atoms with Crippen molar-refractivity contribution >= 4 is 28.9 Å². The Balaban J connectivity index is 2.89. The van der Waals surface area contributed by atoms with E-state index in [0.717, 1.165) is 5.56 Å². The fraction of sp³-hybridized carbons (Fsp3) is 0.500. The third-order valence-electron chi connectivity index (χ3n) is 2.48. The van der Waals surface area contributed by atoms with E-state index in [4.69, 9.17) is 17.3 Å². The van der Waals surface area contributed by atoms with Crippen LogP contribution in [0, 0.1) is 0 Å². The molecule has 5 heteroatoms. The lowest BCUT2D eigenvalue weighted by atomic mass is 9.81. The summed E-state index contributed by atoms with van der Waals surface area (Å²) in [6.45, 7) is 2.32. The molecule has 0 aliphatic heterocycles. The molecule has 15 heavy (non-hydrogen) atoms. The van der Waals surface area contributed by atoms with Gasteiger partial charge in [0.1, 0.15) is 0 Å². The molecule has 1 rings (SSSR count). The maximum atomic E-state index is 11.3. The van der Waals surface area contributed by atoms with E-state index in [0.29, 0.717) is 10.9 Å². The second kappa shape index (κ2) is 4.96. The third-order valence-corrected chi connectivity index (χ3v) is 3.57. The van der Waals surface area contributed by atoms with E-state index in [1.54, 1.807) is 0 Å². The Labute approximate surface area is 98.2 Å². The first-order valence-corrected chi connectivity index (χ1v) is 5.79. The zero-order chi connectivity index (χ0) is 11.5. The predicted octanol–water partition coefficient (Wildman–Crippen LogP) is 2.18. The zero-order valence-electron chi connectivity index (χ0n) is 8.75. The Morgan fingerprint density at radius 2 is 2.40 bits per heavy atom. The minimum absolute atomic E-state index is 0.259. The van der Waals surface area contributed by atoms with E-state index in [-0.39, 0.29) is 12.4 Å². The summed E-state index contributed by atoms with van der Waals surface area (Å²) < 4.78 is 5.36. The van der Waals surface area contributed by atoms with Gasteiger partial charge in [0.15, 0.2) is 0 Å². The normalized spacial score (nSPS) is 14.7. The number of nitrogens with two attached hydrogens (primary N) is 1. The first-order chi connectivity index (χ1) is 7.01. The molecule has 0 saturated heterocycles. The van der Waals surface area contributed by atoms with Crippen molar-refractivity contribution < 1.29 is 9.53 Å². The summed E-state index contributed by atoms with van der Waals surface area (Å²) >= 11 is 7.29. The van der Waals surface area contributed by atoms with Crippen molar-refractivity contribution in [3.63, 3.8) is 0 Å². The standard InChI is InChI=1S/C10H14ClNO2S/c1-10(6-12,4-9(13)14-2)7-3-8(11)15-5-7/h3,5H,4,6,12H2,1-2H3. The maximum Gasteiger partial charge on any atom is 0.306 e. The second-order valence-corrected chi connectivity index (χ2v) is 5.20. The van der Waals surface area contributed by atoms with Crippen molar-refractivity contribution in [3.05, 3.63) is 21.3 Å². The topological polar surface area (TPSA) is 52.3 Å². The molecule has 3 nitrogen and oxygen atoms in total. The van der Waals surface area contributed by atoms with Crippen LogP contribution in [0.4, 0.5) is 0 Å². The third kappa shape index (κ3) is 2.93. The molecule has 0 aliphatic carbocycles. The monoisotopic (exact) mass is 247 g/mol. The minimum atomic E-state index is -0.392. The molecule has 0 bridgehead atoms. The fourth-order valence-corrected chi connectivity index (χ4v) is 2.35. The number of carbonyl (C=O) groups excluding carboxylic acids is 1. The summed E-state index contributed by atoms with van der Waals surface area (Å²) in [7, 11) is 1.37. The Bertz CT molecular complexity index is 353.